The normalized spacial score (nSPS) is 11.3. The molecule has 4 rings (SSSR count). The largest absolute Gasteiger partial charge is 0.289 e. The molecule has 5 heteroatoms. The predicted molar refractivity (Wildman–Crippen MR) is 122 cm³/mol. The first-order valence-electron chi connectivity index (χ1n) is 9.27. The van der Waals surface area contributed by atoms with E-state index in [4.69, 9.17) is 23.2 Å². The van der Waals surface area contributed by atoms with E-state index in [0.29, 0.717) is 16.3 Å². The summed E-state index contributed by atoms with van der Waals surface area (Å²) in [5.41, 5.74) is 3.56. The molecule has 0 saturated carbocycles. The van der Waals surface area contributed by atoms with Crippen molar-refractivity contribution in [3.63, 3.8) is 0 Å². The molecule has 0 aliphatic rings. The molecule has 0 bridgehead atoms. The predicted octanol–water partition coefficient (Wildman–Crippen LogP) is 7.55. The molecule has 0 aliphatic carbocycles. The van der Waals surface area contributed by atoms with Crippen molar-refractivity contribution < 1.29 is 9.18 Å². The van der Waals surface area contributed by atoms with Gasteiger partial charge < -0.3 is 0 Å². The van der Waals surface area contributed by atoms with Crippen LogP contribution >= 0.6 is 23.2 Å². The number of ketones is 1. The summed E-state index contributed by atoms with van der Waals surface area (Å²) in [6.07, 6.45) is 2.73. The van der Waals surface area contributed by atoms with Crippen molar-refractivity contribution in [1.82, 2.24) is 4.98 Å². The summed E-state index contributed by atoms with van der Waals surface area (Å²) in [4.78, 5) is 17.9. The zero-order valence-electron chi connectivity index (χ0n) is 16.0. The SMILES string of the molecule is Cc1nc2ccc(Cl)cc2c(-c2ccccc2)c1C(=O)/C=C\c1c(F)cccc1Cl. The number of aromatic nitrogens is 1. The second-order valence-corrected chi connectivity index (χ2v) is 7.65. The second-order valence-electron chi connectivity index (χ2n) is 6.81. The number of halogens is 3. The van der Waals surface area contributed by atoms with E-state index >= 15 is 0 Å². The van der Waals surface area contributed by atoms with E-state index in [-0.39, 0.29) is 16.4 Å². The Hall–Kier alpha value is -3.01. The van der Waals surface area contributed by atoms with Gasteiger partial charge in [-0.1, -0.05) is 59.6 Å². The number of aryl methyl sites for hydroxylation is 1. The molecule has 30 heavy (non-hydrogen) atoms. The number of allylic oxidation sites excluding steroid dienone is 1. The highest BCUT2D eigenvalue weighted by atomic mass is 35.5. The van der Waals surface area contributed by atoms with Gasteiger partial charge in [-0.05, 0) is 55.0 Å². The van der Waals surface area contributed by atoms with E-state index in [1.54, 1.807) is 25.1 Å². The molecule has 0 fully saturated rings. The van der Waals surface area contributed by atoms with Crippen LogP contribution < -0.4 is 0 Å². The molecular formula is C25H16Cl2FNO. The van der Waals surface area contributed by atoms with Gasteiger partial charge in [-0.25, -0.2) is 4.39 Å². The van der Waals surface area contributed by atoms with Gasteiger partial charge in [0.25, 0.3) is 0 Å². The van der Waals surface area contributed by atoms with E-state index in [1.165, 1.54) is 24.3 Å². The zero-order valence-corrected chi connectivity index (χ0v) is 17.5. The molecule has 2 nitrogen and oxygen atoms in total. The molecule has 1 aromatic heterocycles. The molecule has 148 valence electrons. The highest BCUT2D eigenvalue weighted by Gasteiger charge is 2.19. The van der Waals surface area contributed by atoms with Crippen molar-refractivity contribution in [3.8, 4) is 11.1 Å². The number of carbonyl (C=O) groups excluding carboxylic acids is 1. The maximum Gasteiger partial charge on any atom is 0.188 e. The molecule has 0 radical (unpaired) electrons. The summed E-state index contributed by atoms with van der Waals surface area (Å²) < 4.78 is 14.1. The Morgan fingerprint density at radius 2 is 1.77 bits per heavy atom. The summed E-state index contributed by atoms with van der Waals surface area (Å²) in [6, 6.07) is 19.4. The molecule has 0 atom stereocenters. The Bertz CT molecular complexity index is 1280. The fraction of sp³-hybridized carbons (Fsp3) is 0.0400. The van der Waals surface area contributed by atoms with Crippen LogP contribution in [0.25, 0.3) is 28.1 Å². The summed E-state index contributed by atoms with van der Waals surface area (Å²) in [6.45, 7) is 1.79. The van der Waals surface area contributed by atoms with E-state index in [9.17, 15) is 9.18 Å². The second kappa shape index (κ2) is 8.39. The summed E-state index contributed by atoms with van der Waals surface area (Å²) in [5.74, 6) is -0.782. The third kappa shape index (κ3) is 3.87. The molecule has 0 amide bonds. The number of nitrogens with zero attached hydrogens (tertiary/aromatic N) is 1. The van der Waals surface area contributed by atoms with Crippen LogP contribution in [0.5, 0.6) is 0 Å². The minimum Gasteiger partial charge on any atom is -0.289 e. The number of fused-ring (bicyclic) bond motifs is 1. The van der Waals surface area contributed by atoms with Crippen LogP contribution in [0.15, 0.2) is 72.8 Å². The lowest BCUT2D eigenvalue weighted by Crippen LogP contribution is -2.05. The Morgan fingerprint density at radius 1 is 1.00 bits per heavy atom. The number of rotatable bonds is 4. The Morgan fingerprint density at radius 3 is 2.50 bits per heavy atom. The van der Waals surface area contributed by atoms with Gasteiger partial charge in [0.1, 0.15) is 5.82 Å². The summed E-state index contributed by atoms with van der Waals surface area (Å²) >= 11 is 12.3. The smallest absolute Gasteiger partial charge is 0.188 e. The Balaban J connectivity index is 1.93. The minimum absolute atomic E-state index is 0.170. The molecule has 0 N–H and O–H groups in total. The number of hydrogen-bond donors (Lipinski definition) is 0. The third-order valence-electron chi connectivity index (χ3n) is 4.84. The van der Waals surface area contributed by atoms with Gasteiger partial charge in [0, 0.05) is 27.2 Å². The Kier molecular flexibility index (Phi) is 5.67. The van der Waals surface area contributed by atoms with Crippen molar-refractivity contribution in [2.24, 2.45) is 0 Å². The highest BCUT2D eigenvalue weighted by Crippen LogP contribution is 2.35. The fourth-order valence-corrected chi connectivity index (χ4v) is 3.87. The zero-order chi connectivity index (χ0) is 21.3. The van der Waals surface area contributed by atoms with Gasteiger partial charge >= 0.3 is 0 Å². The Labute approximate surface area is 183 Å². The number of hydrogen-bond acceptors (Lipinski definition) is 2. The molecule has 0 saturated heterocycles. The number of benzene rings is 3. The van der Waals surface area contributed by atoms with Crippen LogP contribution in [0.3, 0.4) is 0 Å². The lowest BCUT2D eigenvalue weighted by Gasteiger charge is -2.14. The van der Waals surface area contributed by atoms with Crippen LogP contribution in [0.1, 0.15) is 21.6 Å². The lowest BCUT2D eigenvalue weighted by molar-refractivity contribution is 0.104. The monoisotopic (exact) mass is 435 g/mol. The van der Waals surface area contributed by atoms with Gasteiger partial charge in [0.05, 0.1) is 16.1 Å². The average Bonchev–Trinajstić information content (AvgIpc) is 2.73. The first-order valence-corrected chi connectivity index (χ1v) is 10.0. The van der Waals surface area contributed by atoms with Crippen molar-refractivity contribution in [1.29, 1.82) is 0 Å². The molecule has 3 aromatic carbocycles. The topological polar surface area (TPSA) is 30.0 Å². The van der Waals surface area contributed by atoms with E-state index in [1.807, 2.05) is 36.4 Å². The molecule has 0 spiro atoms. The van der Waals surface area contributed by atoms with E-state index < -0.39 is 5.82 Å². The first-order chi connectivity index (χ1) is 14.5. The lowest BCUT2D eigenvalue weighted by atomic mass is 9.92. The van der Waals surface area contributed by atoms with Crippen LogP contribution in [-0.4, -0.2) is 10.8 Å². The van der Waals surface area contributed by atoms with Crippen molar-refractivity contribution >= 4 is 46.0 Å². The highest BCUT2D eigenvalue weighted by molar-refractivity contribution is 6.32. The summed E-state index contributed by atoms with van der Waals surface area (Å²) in [7, 11) is 0. The maximum atomic E-state index is 14.1. The average molecular weight is 436 g/mol. The van der Waals surface area contributed by atoms with Crippen molar-refractivity contribution in [3.05, 3.63) is 105 Å². The van der Waals surface area contributed by atoms with Gasteiger partial charge in [-0.15, -0.1) is 0 Å². The van der Waals surface area contributed by atoms with Crippen LogP contribution in [0.2, 0.25) is 10.0 Å². The molecule has 0 aliphatic heterocycles. The van der Waals surface area contributed by atoms with Gasteiger partial charge in [-0.2, -0.15) is 0 Å². The molecule has 1 heterocycles. The molecular weight excluding hydrogens is 420 g/mol. The third-order valence-corrected chi connectivity index (χ3v) is 5.40. The number of carbonyl (C=O) groups is 1. The van der Waals surface area contributed by atoms with Crippen LogP contribution in [-0.2, 0) is 0 Å². The van der Waals surface area contributed by atoms with E-state index in [2.05, 4.69) is 4.98 Å². The van der Waals surface area contributed by atoms with Crippen LogP contribution in [0.4, 0.5) is 4.39 Å². The van der Waals surface area contributed by atoms with Crippen molar-refractivity contribution in [2.75, 3.05) is 0 Å². The first kappa shape index (κ1) is 20.3. The van der Waals surface area contributed by atoms with Gasteiger partial charge in [0.15, 0.2) is 5.78 Å². The van der Waals surface area contributed by atoms with Crippen LogP contribution in [0, 0.1) is 12.7 Å². The number of pyridine rings is 1. The molecule has 4 aromatic rings. The van der Waals surface area contributed by atoms with Crippen molar-refractivity contribution in [2.45, 2.75) is 6.92 Å². The maximum absolute atomic E-state index is 14.1. The van der Waals surface area contributed by atoms with Gasteiger partial charge in [-0.3, -0.25) is 9.78 Å². The molecule has 0 unspecified atom stereocenters. The van der Waals surface area contributed by atoms with Gasteiger partial charge in [0.2, 0.25) is 0 Å². The quantitative estimate of drug-likeness (QED) is 0.244. The fourth-order valence-electron chi connectivity index (χ4n) is 3.48. The van der Waals surface area contributed by atoms with E-state index in [0.717, 1.165) is 22.0 Å². The summed E-state index contributed by atoms with van der Waals surface area (Å²) in [5, 5.41) is 1.57. The minimum atomic E-state index is -0.491. The standard InChI is InChI=1S/C25H16Cl2FNO/c1-15-24(23(30)13-11-18-20(27)8-5-9-21(18)28)25(16-6-3-2-4-7-16)19-14-17(26)10-12-22(19)29-15/h2-14H,1H3/b13-11-.